The lowest BCUT2D eigenvalue weighted by atomic mass is 9.54. The van der Waals surface area contributed by atoms with E-state index in [0.717, 1.165) is 56.4 Å². The second-order valence-corrected chi connectivity index (χ2v) is 14.9. The van der Waals surface area contributed by atoms with E-state index in [2.05, 4.69) is 194 Å². The first-order valence-corrected chi connectivity index (χ1v) is 18.9. The zero-order valence-corrected chi connectivity index (χ0v) is 30.1. The minimum Gasteiger partial charge on any atom is -0.457 e. The summed E-state index contributed by atoms with van der Waals surface area (Å²) >= 11 is 0. The van der Waals surface area contributed by atoms with Gasteiger partial charge in [-0.2, -0.15) is 0 Å². The Hall–Kier alpha value is -7.04. The number of hydrogen-bond acceptors (Lipinski definition) is 2. The number of hydrogen-bond donors (Lipinski definition) is 0. The van der Waals surface area contributed by atoms with E-state index in [1.165, 1.54) is 54.6 Å². The molecule has 0 spiro atoms. The number of aromatic nitrogens is 1. The predicted octanol–water partition coefficient (Wildman–Crippen LogP) is 12.6. The lowest BCUT2D eigenvalue weighted by Crippen LogP contribution is -2.36. The van der Waals surface area contributed by atoms with E-state index in [9.17, 15) is 0 Å². The summed E-state index contributed by atoms with van der Waals surface area (Å²) in [7, 11) is 2.31. The minimum atomic E-state index is -0.426. The van der Waals surface area contributed by atoms with Gasteiger partial charge in [-0.1, -0.05) is 140 Å². The Morgan fingerprint density at radius 1 is 0.382 bits per heavy atom. The van der Waals surface area contributed by atoms with Crippen molar-refractivity contribution in [2.24, 2.45) is 0 Å². The van der Waals surface area contributed by atoms with Crippen molar-refractivity contribution in [3.63, 3.8) is 0 Å². The smallest absolute Gasteiger partial charge is 0.136 e. The lowest BCUT2D eigenvalue weighted by molar-refractivity contribution is 0.399. The molecule has 0 N–H and O–H groups in total. The van der Waals surface area contributed by atoms with Crippen LogP contribution in [0.25, 0.3) is 71.3 Å². The van der Waals surface area contributed by atoms with E-state index >= 15 is 0 Å². The van der Waals surface area contributed by atoms with Gasteiger partial charge in [0.2, 0.25) is 0 Å². The van der Waals surface area contributed by atoms with Crippen molar-refractivity contribution < 1.29 is 9.47 Å². The third kappa shape index (κ3) is 4.17. The Bertz CT molecular complexity index is 3110. The molecule has 0 radical (unpaired) electrons. The van der Waals surface area contributed by atoms with Gasteiger partial charge in [0.1, 0.15) is 30.8 Å². The summed E-state index contributed by atoms with van der Waals surface area (Å²) in [5.74, 6) is 3.40. The summed E-state index contributed by atoms with van der Waals surface area (Å²) in [6.45, 7) is 0. The first kappa shape index (κ1) is 30.4. The molecule has 9 aromatic carbocycles. The molecule has 2 aliphatic rings. The van der Waals surface area contributed by atoms with Crippen LogP contribution >= 0.6 is 0 Å². The van der Waals surface area contributed by atoms with Crippen LogP contribution in [0, 0.1) is 0 Å². The molecule has 0 saturated heterocycles. The van der Waals surface area contributed by atoms with Gasteiger partial charge in [-0.05, 0) is 74.1 Å². The first-order valence-electron chi connectivity index (χ1n) is 18.9. The van der Waals surface area contributed by atoms with Gasteiger partial charge in [-0.3, -0.25) is 0 Å². The number of para-hydroxylation sites is 3. The molecule has 0 fully saturated rings. The van der Waals surface area contributed by atoms with Crippen LogP contribution in [0.1, 0.15) is 16.7 Å². The van der Waals surface area contributed by atoms with E-state index in [1.54, 1.807) is 0 Å². The fourth-order valence-corrected chi connectivity index (χ4v) is 9.71. The Morgan fingerprint density at radius 3 is 1.45 bits per heavy atom. The fourth-order valence-electron chi connectivity index (χ4n) is 9.71. The van der Waals surface area contributed by atoms with E-state index < -0.39 is 5.31 Å². The largest absolute Gasteiger partial charge is 0.457 e. The van der Waals surface area contributed by atoms with Crippen LogP contribution in [0.5, 0.6) is 23.0 Å². The maximum Gasteiger partial charge on any atom is 0.136 e. The van der Waals surface area contributed by atoms with Gasteiger partial charge in [0, 0.05) is 44.9 Å². The quantitative estimate of drug-likeness (QED) is 0.135. The number of fused-ring (bicyclic) bond motifs is 9. The van der Waals surface area contributed by atoms with E-state index in [0.29, 0.717) is 0 Å². The molecule has 0 bridgehead atoms. The van der Waals surface area contributed by atoms with Crippen LogP contribution < -0.4 is 9.47 Å². The molecule has 0 saturated carbocycles. The Morgan fingerprint density at radius 2 is 0.855 bits per heavy atom. The third-order valence-corrected chi connectivity index (χ3v) is 12.1. The van der Waals surface area contributed by atoms with Crippen molar-refractivity contribution in [2.45, 2.75) is 5.31 Å². The van der Waals surface area contributed by atoms with E-state index in [1.807, 2.05) is 0 Å². The molecule has 3 heterocycles. The summed E-state index contributed by atoms with van der Waals surface area (Å²) in [6, 6.07) is 65.4. The first-order chi connectivity index (χ1) is 27.2. The Kier molecular flexibility index (Phi) is 6.22. The monoisotopic (exact) mass is 701 g/mol. The zero-order valence-electron chi connectivity index (χ0n) is 30.1. The molecule has 0 unspecified atom stereocenters. The summed E-state index contributed by atoms with van der Waals surface area (Å²) in [4.78, 5) is 0. The standard InChI is InChI=1S/C51H32BNO2/c52-51-40-21-9-12-24-44(40)54-46-29-33(30-47(50(46)51)55-45-25-13-10-22-41(45)51)53-42-23-11-8-16-34(42)39-28-32(26-27-43(39)53)49-37-19-6-4-17-35(37)48(31-14-2-1-3-15-31)36-18-5-7-20-38(36)49/h1-30H,52H2. The third-order valence-electron chi connectivity index (χ3n) is 12.1. The second-order valence-electron chi connectivity index (χ2n) is 14.9. The van der Waals surface area contributed by atoms with Crippen LogP contribution in [0.3, 0.4) is 0 Å². The lowest BCUT2D eigenvalue weighted by Gasteiger charge is -2.42. The van der Waals surface area contributed by atoms with Crippen molar-refractivity contribution in [3.8, 4) is 50.9 Å². The SMILES string of the molecule is BC12c3ccccc3Oc3cc(-n4c5ccccc5c5cc(-c6c7ccccc7c(-c7ccccc7)c7ccccc67)ccc54)cc(c31)Oc1ccccc12. The summed E-state index contributed by atoms with van der Waals surface area (Å²) in [5.41, 5.74) is 11.6. The maximum absolute atomic E-state index is 6.77. The highest BCUT2D eigenvalue weighted by Crippen LogP contribution is 2.59. The van der Waals surface area contributed by atoms with Crippen LogP contribution in [-0.4, -0.2) is 12.4 Å². The molecular weight excluding hydrogens is 669 g/mol. The Labute approximate surface area is 319 Å². The summed E-state index contributed by atoms with van der Waals surface area (Å²) < 4.78 is 15.9. The van der Waals surface area contributed by atoms with E-state index in [4.69, 9.17) is 9.47 Å². The fraction of sp³-hybridized carbons (Fsp3) is 0.0196. The summed E-state index contributed by atoms with van der Waals surface area (Å²) in [6.07, 6.45) is 0. The average molecular weight is 702 g/mol. The highest BCUT2D eigenvalue weighted by atomic mass is 16.5. The van der Waals surface area contributed by atoms with Crippen molar-refractivity contribution in [3.05, 3.63) is 199 Å². The topological polar surface area (TPSA) is 23.4 Å². The minimum absolute atomic E-state index is 0.426. The highest BCUT2D eigenvalue weighted by Gasteiger charge is 2.46. The molecule has 12 rings (SSSR count). The molecule has 55 heavy (non-hydrogen) atoms. The van der Waals surface area contributed by atoms with Crippen molar-refractivity contribution in [1.82, 2.24) is 4.57 Å². The van der Waals surface area contributed by atoms with Crippen molar-refractivity contribution >= 4 is 51.2 Å². The van der Waals surface area contributed by atoms with Crippen molar-refractivity contribution in [2.75, 3.05) is 0 Å². The molecule has 1 aromatic heterocycles. The molecule has 3 nitrogen and oxygen atoms in total. The van der Waals surface area contributed by atoms with Crippen LogP contribution in [0.4, 0.5) is 0 Å². The normalized spacial score (nSPS) is 13.6. The second kappa shape index (κ2) is 11.2. The molecule has 10 aromatic rings. The zero-order chi connectivity index (χ0) is 36.3. The number of ether oxygens (including phenoxy) is 2. The van der Waals surface area contributed by atoms with Crippen molar-refractivity contribution in [1.29, 1.82) is 0 Å². The summed E-state index contributed by atoms with van der Waals surface area (Å²) in [5, 5.41) is 6.96. The van der Waals surface area contributed by atoms with Gasteiger partial charge in [-0.15, -0.1) is 0 Å². The Balaban J connectivity index is 1.10. The van der Waals surface area contributed by atoms with Gasteiger partial charge in [0.25, 0.3) is 0 Å². The van der Waals surface area contributed by atoms with Gasteiger partial charge in [-0.25, -0.2) is 0 Å². The van der Waals surface area contributed by atoms with E-state index in [-0.39, 0.29) is 0 Å². The van der Waals surface area contributed by atoms with Crippen LogP contribution in [-0.2, 0) is 5.31 Å². The van der Waals surface area contributed by atoms with Gasteiger partial charge in [0.05, 0.1) is 16.7 Å². The molecule has 0 amide bonds. The molecule has 256 valence electrons. The van der Waals surface area contributed by atoms with Crippen LogP contribution in [0.15, 0.2) is 182 Å². The van der Waals surface area contributed by atoms with Crippen LogP contribution in [0.2, 0.25) is 0 Å². The van der Waals surface area contributed by atoms with Gasteiger partial charge in [0.15, 0.2) is 0 Å². The van der Waals surface area contributed by atoms with Gasteiger partial charge < -0.3 is 14.0 Å². The molecule has 2 aliphatic heterocycles. The van der Waals surface area contributed by atoms with Gasteiger partial charge >= 0.3 is 0 Å². The molecule has 0 aliphatic carbocycles. The highest BCUT2D eigenvalue weighted by molar-refractivity contribution is 6.24. The molecule has 4 heteroatoms. The average Bonchev–Trinajstić information content (AvgIpc) is 3.57. The number of nitrogens with zero attached hydrogens (tertiary/aromatic N) is 1. The number of benzene rings is 9. The molecule has 0 atom stereocenters. The predicted molar refractivity (Wildman–Crippen MR) is 228 cm³/mol. The number of rotatable bonds is 3. The molecular formula is C51H32BNO2. The maximum atomic E-state index is 6.77.